The molecule has 0 aliphatic rings. The highest BCUT2D eigenvalue weighted by Crippen LogP contribution is 2.31. The number of aryl methyl sites for hydroxylation is 2. The molecule has 0 amide bonds. The zero-order valence-electron chi connectivity index (χ0n) is 18.4. The second-order valence-corrected chi connectivity index (χ2v) is 7.61. The van der Waals surface area contributed by atoms with Crippen molar-refractivity contribution < 1.29 is 0 Å². The molecule has 28 heavy (non-hydrogen) atoms. The molecule has 0 saturated heterocycles. The Morgan fingerprint density at radius 1 is 0.964 bits per heavy atom. The minimum absolute atomic E-state index is 1.03. The zero-order valence-corrected chi connectivity index (χ0v) is 18.4. The van der Waals surface area contributed by atoms with Gasteiger partial charge in [0.15, 0.2) is 0 Å². The van der Waals surface area contributed by atoms with Crippen LogP contribution >= 0.6 is 0 Å². The van der Waals surface area contributed by atoms with Gasteiger partial charge in [0, 0.05) is 12.2 Å². The van der Waals surface area contributed by atoms with Crippen LogP contribution in [0.15, 0.2) is 54.6 Å². The summed E-state index contributed by atoms with van der Waals surface area (Å²) in [5.74, 6) is 0. The van der Waals surface area contributed by atoms with Crippen molar-refractivity contribution in [2.45, 2.75) is 66.7 Å². The van der Waals surface area contributed by atoms with Crippen molar-refractivity contribution in [2.24, 2.45) is 0 Å². The van der Waals surface area contributed by atoms with E-state index in [4.69, 9.17) is 0 Å². The van der Waals surface area contributed by atoms with Crippen molar-refractivity contribution >= 4 is 16.8 Å². The molecule has 0 aromatic heterocycles. The highest BCUT2D eigenvalue weighted by Gasteiger charge is 2.09. The van der Waals surface area contributed by atoms with E-state index in [2.05, 4.69) is 94.6 Å². The second kappa shape index (κ2) is 11.5. The number of hydrogen-bond donors (Lipinski definition) is 1. The lowest BCUT2D eigenvalue weighted by Gasteiger charge is -2.15. The summed E-state index contributed by atoms with van der Waals surface area (Å²) in [4.78, 5) is 0. The Balaban J connectivity index is 2.48. The van der Waals surface area contributed by atoms with Crippen molar-refractivity contribution in [1.82, 2.24) is 0 Å². The molecular formula is C27H37N. The summed E-state index contributed by atoms with van der Waals surface area (Å²) in [6, 6.07) is 15.8. The predicted octanol–water partition coefficient (Wildman–Crippen LogP) is 8.06. The van der Waals surface area contributed by atoms with Gasteiger partial charge in [-0.2, -0.15) is 0 Å². The largest absolute Gasteiger partial charge is 0.385 e. The molecule has 150 valence electrons. The van der Waals surface area contributed by atoms with Crippen LogP contribution in [-0.2, 0) is 6.42 Å². The van der Waals surface area contributed by atoms with E-state index < -0.39 is 0 Å². The molecule has 0 aliphatic heterocycles. The molecule has 2 rings (SSSR count). The van der Waals surface area contributed by atoms with Gasteiger partial charge in [-0.05, 0) is 72.6 Å². The van der Waals surface area contributed by atoms with E-state index in [1.165, 1.54) is 58.3 Å². The average Bonchev–Trinajstić information content (AvgIpc) is 2.70. The molecule has 0 saturated carbocycles. The Labute approximate surface area is 172 Å². The lowest BCUT2D eigenvalue weighted by molar-refractivity contribution is 0.833. The minimum atomic E-state index is 1.03. The summed E-state index contributed by atoms with van der Waals surface area (Å²) in [5.41, 5.74) is 9.24. The maximum atomic E-state index is 3.62. The van der Waals surface area contributed by atoms with Gasteiger partial charge < -0.3 is 5.32 Å². The van der Waals surface area contributed by atoms with Crippen molar-refractivity contribution in [3.63, 3.8) is 0 Å². The fourth-order valence-corrected chi connectivity index (χ4v) is 3.46. The summed E-state index contributed by atoms with van der Waals surface area (Å²) in [5, 5.41) is 3.62. The molecule has 0 spiro atoms. The molecule has 2 aromatic rings. The lowest BCUT2D eigenvalue weighted by Crippen LogP contribution is -2.03. The van der Waals surface area contributed by atoms with Gasteiger partial charge in [-0.25, -0.2) is 0 Å². The molecule has 1 nitrogen and oxygen atoms in total. The first kappa shape index (κ1) is 22.0. The first-order valence-corrected chi connectivity index (χ1v) is 10.9. The number of anilines is 1. The Kier molecular flexibility index (Phi) is 9.07. The number of rotatable bonds is 10. The number of unbranched alkanes of at least 4 members (excludes halogenated alkanes) is 1. The van der Waals surface area contributed by atoms with Crippen LogP contribution < -0.4 is 5.32 Å². The molecule has 0 unspecified atom stereocenters. The zero-order chi connectivity index (χ0) is 20.4. The summed E-state index contributed by atoms with van der Waals surface area (Å²) in [7, 11) is 0. The normalized spacial score (nSPS) is 12.3. The molecule has 0 heterocycles. The molecular weight excluding hydrogens is 338 g/mol. The average molecular weight is 376 g/mol. The van der Waals surface area contributed by atoms with Crippen LogP contribution in [0.3, 0.4) is 0 Å². The third-order valence-electron chi connectivity index (χ3n) is 5.22. The molecule has 1 N–H and O–H groups in total. The quantitative estimate of drug-likeness (QED) is 0.251. The molecule has 1 heteroatoms. The standard InChI is InChI=1S/C27H37N/c1-6-9-15-26(22(5)24-14-11-13-23(19-24)12-8-3)25-17-16-21(4)27(20-25)28-18-10-7-2/h9,11,13-17,19-20,28H,6-8,10,12,18H2,1-5H3/b15-9-,26-22-. The maximum absolute atomic E-state index is 3.62. The fourth-order valence-electron chi connectivity index (χ4n) is 3.46. The van der Waals surface area contributed by atoms with Crippen molar-refractivity contribution in [3.8, 4) is 0 Å². The number of benzene rings is 2. The topological polar surface area (TPSA) is 12.0 Å². The molecule has 2 aromatic carbocycles. The van der Waals surface area contributed by atoms with Crippen LogP contribution in [0.25, 0.3) is 11.1 Å². The molecule has 0 bridgehead atoms. The Morgan fingerprint density at radius 3 is 2.50 bits per heavy atom. The van der Waals surface area contributed by atoms with Crippen molar-refractivity contribution in [2.75, 3.05) is 11.9 Å². The number of nitrogens with one attached hydrogen (secondary N) is 1. The Bertz CT molecular complexity index is 811. The van der Waals surface area contributed by atoms with Gasteiger partial charge in [0.05, 0.1) is 0 Å². The Morgan fingerprint density at radius 2 is 1.79 bits per heavy atom. The maximum Gasteiger partial charge on any atom is 0.0376 e. The summed E-state index contributed by atoms with van der Waals surface area (Å²) < 4.78 is 0. The summed E-state index contributed by atoms with van der Waals surface area (Å²) in [6.45, 7) is 12.1. The van der Waals surface area contributed by atoms with Gasteiger partial charge in [0.25, 0.3) is 0 Å². The smallest absolute Gasteiger partial charge is 0.0376 e. The second-order valence-electron chi connectivity index (χ2n) is 7.61. The Hall–Kier alpha value is -2.28. The van der Waals surface area contributed by atoms with E-state index in [1.807, 2.05) is 0 Å². The van der Waals surface area contributed by atoms with Gasteiger partial charge >= 0.3 is 0 Å². The predicted molar refractivity (Wildman–Crippen MR) is 127 cm³/mol. The first-order chi connectivity index (χ1) is 13.6. The number of hydrogen-bond acceptors (Lipinski definition) is 1. The summed E-state index contributed by atoms with van der Waals surface area (Å²) >= 11 is 0. The van der Waals surface area contributed by atoms with Gasteiger partial charge in [-0.3, -0.25) is 0 Å². The molecule has 0 atom stereocenters. The molecule has 0 radical (unpaired) electrons. The summed E-state index contributed by atoms with van der Waals surface area (Å²) in [6.07, 6.45) is 10.3. The van der Waals surface area contributed by atoms with Crippen molar-refractivity contribution in [1.29, 1.82) is 0 Å². The van der Waals surface area contributed by atoms with Gasteiger partial charge in [0.2, 0.25) is 0 Å². The minimum Gasteiger partial charge on any atom is -0.385 e. The molecule has 0 aliphatic carbocycles. The van der Waals surface area contributed by atoms with Crippen molar-refractivity contribution in [3.05, 3.63) is 76.9 Å². The van der Waals surface area contributed by atoms with Crippen LogP contribution in [-0.4, -0.2) is 6.54 Å². The molecule has 0 fully saturated rings. The van der Waals surface area contributed by atoms with E-state index in [0.717, 1.165) is 19.4 Å². The van der Waals surface area contributed by atoms with Crippen LogP contribution in [0.1, 0.15) is 75.6 Å². The van der Waals surface area contributed by atoms with E-state index >= 15 is 0 Å². The van der Waals surface area contributed by atoms with Crippen LogP contribution in [0.2, 0.25) is 0 Å². The van der Waals surface area contributed by atoms with Gasteiger partial charge in [-0.1, -0.05) is 82.2 Å². The number of allylic oxidation sites excluding steroid dienone is 4. The SMILES string of the molecule is CC/C=C\C(=C(/C)c1cccc(CCC)c1)c1ccc(C)c(NCCCC)c1. The highest BCUT2D eigenvalue weighted by molar-refractivity contribution is 5.95. The first-order valence-electron chi connectivity index (χ1n) is 10.9. The lowest BCUT2D eigenvalue weighted by atomic mass is 9.93. The van der Waals surface area contributed by atoms with Crippen LogP contribution in [0, 0.1) is 6.92 Å². The van der Waals surface area contributed by atoms with Crippen LogP contribution in [0.4, 0.5) is 5.69 Å². The highest BCUT2D eigenvalue weighted by atomic mass is 14.9. The fraction of sp³-hybridized carbons (Fsp3) is 0.407. The van der Waals surface area contributed by atoms with E-state index in [1.54, 1.807) is 0 Å². The van der Waals surface area contributed by atoms with E-state index in [0.29, 0.717) is 0 Å². The third-order valence-corrected chi connectivity index (χ3v) is 5.22. The van der Waals surface area contributed by atoms with Gasteiger partial charge in [0.1, 0.15) is 0 Å². The third kappa shape index (κ3) is 6.12. The monoisotopic (exact) mass is 375 g/mol. The van der Waals surface area contributed by atoms with E-state index in [-0.39, 0.29) is 0 Å². The van der Waals surface area contributed by atoms with Crippen LogP contribution in [0.5, 0.6) is 0 Å². The van der Waals surface area contributed by atoms with Gasteiger partial charge in [-0.15, -0.1) is 0 Å². The van der Waals surface area contributed by atoms with E-state index in [9.17, 15) is 0 Å².